The molecule has 2 amide bonds. The third kappa shape index (κ3) is 7.53. The molecule has 11 nitrogen and oxygen atoms in total. The van der Waals surface area contributed by atoms with Crippen LogP contribution in [0.3, 0.4) is 0 Å². The van der Waals surface area contributed by atoms with Crippen molar-refractivity contribution in [1.29, 1.82) is 0 Å². The molecule has 2 atom stereocenters. The minimum atomic E-state index is -2.40. The lowest BCUT2D eigenvalue weighted by molar-refractivity contribution is -0.154. The number of rotatable bonds is 9. The first-order chi connectivity index (χ1) is 21.4. The first kappa shape index (κ1) is 32.2. The molecule has 14 heteroatoms. The molecule has 1 fully saturated rings. The van der Waals surface area contributed by atoms with Gasteiger partial charge in [-0.05, 0) is 55.3 Å². The lowest BCUT2D eigenvalue weighted by Crippen LogP contribution is -2.42. The molecule has 1 saturated heterocycles. The van der Waals surface area contributed by atoms with Gasteiger partial charge < -0.3 is 10.1 Å². The van der Waals surface area contributed by atoms with Gasteiger partial charge in [0.2, 0.25) is 0 Å². The summed E-state index contributed by atoms with van der Waals surface area (Å²) in [5.41, 5.74) is 3.78. The minimum Gasteiger partial charge on any atom is -0.383 e. The van der Waals surface area contributed by atoms with Crippen LogP contribution in [0.5, 0.6) is 0 Å². The normalized spacial score (nSPS) is 17.0. The van der Waals surface area contributed by atoms with Crippen molar-refractivity contribution in [2.75, 3.05) is 44.6 Å². The Balaban J connectivity index is 1.45. The summed E-state index contributed by atoms with van der Waals surface area (Å²) in [4.78, 5) is 24.0. The van der Waals surface area contributed by atoms with Crippen LogP contribution in [-0.4, -0.2) is 75.4 Å². The highest BCUT2D eigenvalue weighted by atomic mass is 32.2. The number of ether oxygens (including phenoxy) is 1. The van der Waals surface area contributed by atoms with Gasteiger partial charge >= 0.3 is 6.03 Å². The van der Waals surface area contributed by atoms with E-state index in [4.69, 9.17) is 14.7 Å². The van der Waals surface area contributed by atoms with Gasteiger partial charge in [-0.25, -0.2) is 27.5 Å². The maximum atomic E-state index is 14.1. The smallest absolute Gasteiger partial charge is 0.320 e. The summed E-state index contributed by atoms with van der Waals surface area (Å²) in [6.07, 6.45) is 3.94. The zero-order chi connectivity index (χ0) is 32.3. The first-order valence-electron chi connectivity index (χ1n) is 14.2. The second kappa shape index (κ2) is 13.4. The number of aryl methyl sites for hydroxylation is 1. The molecular weight excluding hydrogens is 604 g/mol. The summed E-state index contributed by atoms with van der Waals surface area (Å²) in [5.74, 6) is -1.17. The largest absolute Gasteiger partial charge is 0.383 e. The van der Waals surface area contributed by atoms with Gasteiger partial charge in [-0.2, -0.15) is 14.5 Å². The lowest BCUT2D eigenvalue weighted by Gasteiger charge is -2.20. The molecular formula is C31H35F2N7O4S. The number of urea groups is 1. The van der Waals surface area contributed by atoms with Gasteiger partial charge in [-0.3, -0.25) is 10.2 Å². The zero-order valence-electron chi connectivity index (χ0n) is 25.6. The van der Waals surface area contributed by atoms with Gasteiger partial charge in [0.1, 0.15) is 11.9 Å². The maximum Gasteiger partial charge on any atom is 0.320 e. The van der Waals surface area contributed by atoms with Crippen LogP contribution in [0.4, 0.5) is 25.2 Å². The van der Waals surface area contributed by atoms with Crippen LogP contribution in [0, 0.1) is 25.5 Å². The summed E-state index contributed by atoms with van der Waals surface area (Å²) in [7, 11) is -0.833. The van der Waals surface area contributed by atoms with Crippen LogP contribution in [0.2, 0.25) is 0 Å². The van der Waals surface area contributed by atoms with E-state index in [9.17, 15) is 17.8 Å². The van der Waals surface area contributed by atoms with Crippen molar-refractivity contribution in [1.82, 2.24) is 25.1 Å². The average molecular weight is 640 g/mol. The minimum absolute atomic E-state index is 0.285. The van der Waals surface area contributed by atoms with Crippen LogP contribution in [0.15, 0.2) is 65.2 Å². The standard InChI is InChI=1S/C31H35F2N7O4S/c1-19-15-22(17-34-29(19)38-45(4,5)42)27-20(2)30(40(37-27)23-9-7-6-8-10-23)36-31(41)35-26-18-39(13-14-43-3)44-28(26)21-11-12-24(32)25(33)16-21/h6-12,15-17,26,28H,13-14,18H2,1-5H3,(H2,35,36,41)/t26-,28+/m1/s1. The highest BCUT2D eigenvalue weighted by Gasteiger charge is 2.37. The Morgan fingerprint density at radius 2 is 1.89 bits per heavy atom. The number of carbonyl (C=O) groups excluding carboxylic acids is 1. The summed E-state index contributed by atoms with van der Waals surface area (Å²) in [6.45, 7) is 4.74. The monoisotopic (exact) mass is 639 g/mol. The topological polar surface area (TPSA) is 123 Å². The summed E-state index contributed by atoms with van der Waals surface area (Å²) in [6, 6.07) is 13.6. The summed E-state index contributed by atoms with van der Waals surface area (Å²) < 4.78 is 51.0. The zero-order valence-corrected chi connectivity index (χ0v) is 26.4. The number of benzene rings is 2. The van der Waals surface area contributed by atoms with Crippen molar-refractivity contribution >= 4 is 27.4 Å². The van der Waals surface area contributed by atoms with Crippen molar-refractivity contribution in [2.24, 2.45) is 4.36 Å². The molecule has 0 aliphatic carbocycles. The molecule has 1 aliphatic rings. The molecule has 5 rings (SSSR count). The highest BCUT2D eigenvalue weighted by Crippen LogP contribution is 2.33. The van der Waals surface area contributed by atoms with Crippen molar-refractivity contribution in [3.8, 4) is 16.9 Å². The predicted molar refractivity (Wildman–Crippen MR) is 168 cm³/mol. The number of methoxy groups -OCH3 is 1. The van der Waals surface area contributed by atoms with Crippen LogP contribution in [0.25, 0.3) is 16.9 Å². The molecule has 4 aromatic rings. The van der Waals surface area contributed by atoms with Gasteiger partial charge in [0.15, 0.2) is 17.5 Å². The van der Waals surface area contributed by atoms with Crippen LogP contribution < -0.4 is 10.6 Å². The molecule has 2 aromatic carbocycles. The third-order valence-corrected chi connectivity index (χ3v) is 7.76. The van der Waals surface area contributed by atoms with Crippen LogP contribution in [-0.2, 0) is 19.3 Å². The van der Waals surface area contributed by atoms with Gasteiger partial charge in [-0.15, -0.1) is 0 Å². The molecule has 2 N–H and O–H groups in total. The van der Waals surface area contributed by atoms with Crippen molar-refractivity contribution < 1.29 is 27.4 Å². The molecule has 0 bridgehead atoms. The number of nitrogens with zero attached hydrogens (tertiary/aromatic N) is 5. The van der Waals surface area contributed by atoms with Gasteiger partial charge in [0.25, 0.3) is 0 Å². The Morgan fingerprint density at radius 3 is 2.56 bits per heavy atom. The van der Waals surface area contributed by atoms with Crippen molar-refractivity contribution in [3.05, 3.63) is 89.1 Å². The Morgan fingerprint density at radius 1 is 1.13 bits per heavy atom. The number of carbonyl (C=O) groups is 1. The molecule has 1 aliphatic heterocycles. The Bertz CT molecular complexity index is 1820. The van der Waals surface area contributed by atoms with E-state index in [2.05, 4.69) is 20.0 Å². The molecule has 45 heavy (non-hydrogen) atoms. The molecule has 0 radical (unpaired) electrons. The number of hydroxylamine groups is 2. The Hall–Kier alpha value is -4.24. The fourth-order valence-corrected chi connectivity index (χ4v) is 5.63. The number of hydrogen-bond donors (Lipinski definition) is 2. The second-order valence-electron chi connectivity index (χ2n) is 11.0. The van der Waals surface area contributed by atoms with Gasteiger partial charge in [-0.1, -0.05) is 24.3 Å². The maximum absolute atomic E-state index is 14.1. The average Bonchev–Trinajstić information content (AvgIpc) is 3.54. The number of halogens is 2. The Labute approximate surface area is 260 Å². The van der Waals surface area contributed by atoms with E-state index in [-0.39, 0.29) is 6.54 Å². The van der Waals surface area contributed by atoms with E-state index in [1.54, 1.807) is 35.6 Å². The number of aromatic nitrogens is 3. The quantitative estimate of drug-likeness (QED) is 0.254. The number of amides is 2. The van der Waals surface area contributed by atoms with E-state index in [0.717, 1.165) is 17.7 Å². The summed E-state index contributed by atoms with van der Waals surface area (Å²) >= 11 is 0. The lowest BCUT2D eigenvalue weighted by atomic mass is 10.0. The fraction of sp³-hybridized carbons (Fsp3) is 0.323. The van der Waals surface area contributed by atoms with E-state index in [0.29, 0.717) is 52.9 Å². The van der Waals surface area contributed by atoms with Crippen molar-refractivity contribution in [3.63, 3.8) is 0 Å². The molecule has 0 spiro atoms. The number of anilines is 1. The van der Waals surface area contributed by atoms with E-state index < -0.39 is 39.5 Å². The van der Waals surface area contributed by atoms with Crippen molar-refractivity contribution in [2.45, 2.75) is 26.0 Å². The predicted octanol–water partition coefficient (Wildman–Crippen LogP) is 5.31. The fourth-order valence-electron chi connectivity index (χ4n) is 5.02. The molecule has 238 valence electrons. The third-order valence-electron chi connectivity index (χ3n) is 7.15. The molecule has 0 unspecified atom stereocenters. The first-order valence-corrected chi connectivity index (χ1v) is 16.5. The molecule has 2 aromatic heterocycles. The van der Waals surface area contributed by atoms with Crippen LogP contribution >= 0.6 is 0 Å². The van der Waals surface area contributed by atoms with Gasteiger partial charge in [0.05, 0.1) is 24.0 Å². The van der Waals surface area contributed by atoms with Gasteiger partial charge in [0, 0.05) is 59.8 Å². The molecule has 0 saturated carbocycles. The Kier molecular flexibility index (Phi) is 9.58. The van der Waals surface area contributed by atoms with E-state index >= 15 is 0 Å². The number of pyridine rings is 1. The SMILES string of the molecule is COCCN1C[C@@H](NC(=O)Nc2c(C)c(-c3cnc(N=S(C)(C)=O)c(C)c3)nn2-c2ccccc2)[C@H](c2ccc(F)c(F)c2)O1. The van der Waals surface area contributed by atoms with E-state index in [1.807, 2.05) is 50.2 Å². The number of para-hydroxylation sites is 1. The number of hydrogen-bond acceptors (Lipinski definition) is 8. The molecule has 3 heterocycles. The summed E-state index contributed by atoms with van der Waals surface area (Å²) in [5, 5.41) is 12.3. The number of nitrogens with one attached hydrogen (secondary N) is 2. The highest BCUT2D eigenvalue weighted by molar-refractivity contribution is 7.92. The second-order valence-corrected chi connectivity index (χ2v) is 13.5. The van der Waals surface area contributed by atoms with E-state index in [1.165, 1.54) is 6.07 Å². The van der Waals surface area contributed by atoms with Crippen LogP contribution in [0.1, 0.15) is 22.8 Å².